The number of hydrogen-bond acceptors (Lipinski definition) is 3. The van der Waals surface area contributed by atoms with E-state index in [-0.39, 0.29) is 0 Å². The molecule has 0 aromatic heterocycles. The van der Waals surface area contributed by atoms with Crippen LogP contribution in [0.2, 0.25) is 0 Å². The summed E-state index contributed by atoms with van der Waals surface area (Å²) in [5, 5.41) is 8.66. The Labute approximate surface area is 113 Å². The first kappa shape index (κ1) is 12.3. The lowest BCUT2D eigenvalue weighted by molar-refractivity contribution is 0.0735. The molecule has 0 saturated carbocycles. The number of halogens is 1. The molecular formula is C14H8BrNO2. The fourth-order valence-electron chi connectivity index (χ4n) is 1.35. The molecule has 0 aliphatic carbocycles. The van der Waals surface area contributed by atoms with E-state index < -0.39 is 5.97 Å². The summed E-state index contributed by atoms with van der Waals surface area (Å²) in [5.74, 6) is 0.0365. The van der Waals surface area contributed by atoms with E-state index in [1.165, 1.54) is 0 Å². The molecule has 2 aromatic carbocycles. The monoisotopic (exact) mass is 301 g/mol. The van der Waals surface area contributed by atoms with Crippen LogP contribution < -0.4 is 4.74 Å². The Bertz CT molecular complexity index is 597. The predicted octanol–water partition coefficient (Wildman–Crippen LogP) is 3.54. The maximum Gasteiger partial charge on any atom is 0.343 e. The van der Waals surface area contributed by atoms with Crippen LogP contribution in [-0.4, -0.2) is 5.97 Å². The summed E-state index contributed by atoms with van der Waals surface area (Å²) in [6.45, 7) is 0. The molecular weight excluding hydrogens is 294 g/mol. The average molecular weight is 302 g/mol. The molecule has 2 rings (SSSR count). The first-order chi connectivity index (χ1) is 8.69. The first-order valence-corrected chi connectivity index (χ1v) is 5.96. The minimum absolute atomic E-state index is 0.414. The summed E-state index contributed by atoms with van der Waals surface area (Å²) in [6.07, 6.45) is 0. The molecule has 0 amide bonds. The average Bonchev–Trinajstić information content (AvgIpc) is 2.41. The van der Waals surface area contributed by atoms with Gasteiger partial charge >= 0.3 is 5.97 Å². The molecule has 0 fully saturated rings. The molecule has 0 saturated heterocycles. The summed E-state index contributed by atoms with van der Waals surface area (Å²) >= 11 is 3.30. The number of carbonyl (C=O) groups is 1. The molecule has 0 unspecified atom stereocenters. The number of nitriles is 1. The van der Waals surface area contributed by atoms with Crippen molar-refractivity contribution in [3.8, 4) is 11.8 Å². The highest BCUT2D eigenvalue weighted by Gasteiger charge is 2.08. The number of ether oxygens (including phenoxy) is 1. The Morgan fingerprint density at radius 2 is 1.67 bits per heavy atom. The number of hydrogen-bond donors (Lipinski definition) is 0. The molecule has 0 radical (unpaired) electrons. The van der Waals surface area contributed by atoms with E-state index in [1.807, 2.05) is 6.07 Å². The van der Waals surface area contributed by atoms with Gasteiger partial charge in [-0.05, 0) is 48.5 Å². The molecule has 4 heteroatoms. The fraction of sp³-hybridized carbons (Fsp3) is 0. The van der Waals surface area contributed by atoms with Gasteiger partial charge in [-0.3, -0.25) is 0 Å². The van der Waals surface area contributed by atoms with Crippen molar-refractivity contribution < 1.29 is 9.53 Å². The Balaban J connectivity index is 2.12. The number of benzene rings is 2. The van der Waals surface area contributed by atoms with Crippen LogP contribution in [0.15, 0.2) is 53.0 Å². The zero-order chi connectivity index (χ0) is 13.0. The van der Waals surface area contributed by atoms with E-state index in [0.717, 1.165) is 4.47 Å². The zero-order valence-corrected chi connectivity index (χ0v) is 10.8. The van der Waals surface area contributed by atoms with Gasteiger partial charge in [0.15, 0.2) is 0 Å². The summed E-state index contributed by atoms with van der Waals surface area (Å²) in [6, 6.07) is 15.3. The highest BCUT2D eigenvalue weighted by Crippen LogP contribution is 2.17. The third kappa shape index (κ3) is 2.96. The third-order valence-corrected chi connectivity index (χ3v) is 2.80. The molecule has 0 atom stereocenters. The van der Waals surface area contributed by atoms with Crippen LogP contribution in [0.25, 0.3) is 0 Å². The van der Waals surface area contributed by atoms with Crippen molar-refractivity contribution >= 4 is 21.9 Å². The largest absolute Gasteiger partial charge is 0.423 e. The lowest BCUT2D eigenvalue weighted by Gasteiger charge is -2.04. The van der Waals surface area contributed by atoms with Crippen LogP contribution in [0.1, 0.15) is 15.9 Å². The minimum atomic E-state index is -0.443. The fourth-order valence-corrected chi connectivity index (χ4v) is 1.61. The normalized spacial score (nSPS) is 9.56. The number of rotatable bonds is 2. The summed E-state index contributed by atoms with van der Waals surface area (Å²) in [5.41, 5.74) is 0.923. The zero-order valence-electron chi connectivity index (χ0n) is 9.26. The Hall–Kier alpha value is -2.12. The van der Waals surface area contributed by atoms with Crippen LogP contribution in [0.3, 0.4) is 0 Å². The molecule has 0 aliphatic rings. The molecule has 0 bridgehead atoms. The number of esters is 1. The van der Waals surface area contributed by atoms with Gasteiger partial charge in [0.25, 0.3) is 0 Å². The lowest BCUT2D eigenvalue weighted by atomic mass is 10.1. The van der Waals surface area contributed by atoms with Crippen molar-refractivity contribution in [1.29, 1.82) is 5.26 Å². The van der Waals surface area contributed by atoms with Crippen LogP contribution >= 0.6 is 15.9 Å². The highest BCUT2D eigenvalue weighted by molar-refractivity contribution is 9.10. The molecule has 0 N–H and O–H groups in total. The maximum absolute atomic E-state index is 11.8. The van der Waals surface area contributed by atoms with Gasteiger partial charge in [-0.15, -0.1) is 0 Å². The second-order valence-corrected chi connectivity index (χ2v) is 4.45. The van der Waals surface area contributed by atoms with Crippen LogP contribution in [-0.2, 0) is 0 Å². The smallest absolute Gasteiger partial charge is 0.343 e. The van der Waals surface area contributed by atoms with Crippen molar-refractivity contribution in [2.45, 2.75) is 0 Å². The van der Waals surface area contributed by atoms with Crippen molar-refractivity contribution in [3.05, 3.63) is 64.1 Å². The molecule has 0 spiro atoms. The topological polar surface area (TPSA) is 50.1 Å². The van der Waals surface area contributed by atoms with Gasteiger partial charge in [-0.25, -0.2) is 4.79 Å². The van der Waals surface area contributed by atoms with Gasteiger partial charge < -0.3 is 4.74 Å². The Morgan fingerprint density at radius 3 is 2.22 bits per heavy atom. The highest BCUT2D eigenvalue weighted by atomic mass is 79.9. The quantitative estimate of drug-likeness (QED) is 0.630. The van der Waals surface area contributed by atoms with Gasteiger partial charge in [0.05, 0.1) is 17.2 Å². The van der Waals surface area contributed by atoms with E-state index in [9.17, 15) is 4.79 Å². The van der Waals surface area contributed by atoms with Gasteiger partial charge in [-0.2, -0.15) is 5.26 Å². The predicted molar refractivity (Wildman–Crippen MR) is 70.3 cm³/mol. The first-order valence-electron chi connectivity index (χ1n) is 5.17. The van der Waals surface area contributed by atoms with Crippen molar-refractivity contribution in [2.75, 3.05) is 0 Å². The van der Waals surface area contributed by atoms with Crippen molar-refractivity contribution in [3.63, 3.8) is 0 Å². The van der Waals surface area contributed by atoms with Crippen LogP contribution in [0, 0.1) is 11.3 Å². The third-order valence-electron chi connectivity index (χ3n) is 2.27. The van der Waals surface area contributed by atoms with Crippen molar-refractivity contribution in [2.24, 2.45) is 0 Å². The molecule has 3 nitrogen and oxygen atoms in total. The van der Waals surface area contributed by atoms with E-state index >= 15 is 0 Å². The molecule has 0 aliphatic heterocycles. The van der Waals surface area contributed by atoms with Crippen LogP contribution in [0.4, 0.5) is 0 Å². The molecule has 18 heavy (non-hydrogen) atoms. The number of nitrogens with zero attached hydrogens (tertiary/aromatic N) is 1. The summed E-state index contributed by atoms with van der Waals surface area (Å²) in [7, 11) is 0. The molecule has 2 aromatic rings. The van der Waals surface area contributed by atoms with Crippen LogP contribution in [0.5, 0.6) is 5.75 Å². The molecule has 0 heterocycles. The number of carbonyl (C=O) groups excluding carboxylic acids is 1. The lowest BCUT2D eigenvalue weighted by Crippen LogP contribution is -2.08. The minimum Gasteiger partial charge on any atom is -0.423 e. The van der Waals surface area contributed by atoms with E-state index in [4.69, 9.17) is 10.00 Å². The van der Waals surface area contributed by atoms with E-state index in [1.54, 1.807) is 48.5 Å². The Morgan fingerprint density at radius 1 is 1.06 bits per heavy atom. The summed E-state index contributed by atoms with van der Waals surface area (Å²) in [4.78, 5) is 11.8. The Kier molecular flexibility index (Phi) is 3.75. The SMILES string of the molecule is N#Cc1ccc(C(=O)Oc2ccc(Br)cc2)cc1. The second kappa shape index (κ2) is 5.48. The van der Waals surface area contributed by atoms with E-state index in [2.05, 4.69) is 15.9 Å². The van der Waals surface area contributed by atoms with Gasteiger partial charge in [0, 0.05) is 4.47 Å². The second-order valence-electron chi connectivity index (χ2n) is 3.53. The standard InChI is InChI=1S/C14H8BrNO2/c15-12-5-7-13(8-6-12)18-14(17)11-3-1-10(9-16)2-4-11/h1-8H. The van der Waals surface area contributed by atoms with Gasteiger partial charge in [0.2, 0.25) is 0 Å². The van der Waals surface area contributed by atoms with Gasteiger partial charge in [0.1, 0.15) is 5.75 Å². The maximum atomic E-state index is 11.8. The summed E-state index contributed by atoms with van der Waals surface area (Å²) < 4.78 is 6.10. The van der Waals surface area contributed by atoms with Gasteiger partial charge in [-0.1, -0.05) is 15.9 Å². The van der Waals surface area contributed by atoms with E-state index in [0.29, 0.717) is 16.9 Å². The molecule has 88 valence electrons. The van der Waals surface area contributed by atoms with Crippen molar-refractivity contribution in [1.82, 2.24) is 0 Å².